The molecule has 1 aromatic carbocycles. The Morgan fingerprint density at radius 2 is 1.88 bits per heavy atom. The van der Waals surface area contributed by atoms with Crippen LogP contribution >= 0.6 is 0 Å². The highest BCUT2D eigenvalue weighted by molar-refractivity contribution is 7.91. The lowest BCUT2D eigenvalue weighted by molar-refractivity contribution is 0.0656. The molecule has 0 aliphatic heterocycles. The fraction of sp³-hybridized carbons (Fsp3) is 0. The van der Waals surface area contributed by atoms with Crippen molar-refractivity contribution in [3.63, 3.8) is 0 Å². The van der Waals surface area contributed by atoms with Crippen molar-refractivity contribution in [3.05, 3.63) is 42.5 Å². The Balaban J connectivity index is 2.61. The van der Waals surface area contributed by atoms with Crippen molar-refractivity contribution in [2.24, 2.45) is 0 Å². The molecule has 0 aliphatic carbocycles. The lowest BCUT2D eigenvalue weighted by Gasteiger charge is -2.00. The van der Waals surface area contributed by atoms with E-state index < -0.39 is 26.6 Å². The van der Waals surface area contributed by atoms with Gasteiger partial charge in [-0.2, -0.15) is 0 Å². The molecule has 0 radical (unpaired) electrons. The van der Waals surface area contributed by atoms with Crippen LogP contribution in [0.25, 0.3) is 0 Å². The second-order valence-electron chi connectivity index (χ2n) is 3.11. The molecule has 2 aromatic rings. The van der Waals surface area contributed by atoms with Crippen LogP contribution < -0.4 is 0 Å². The molecule has 0 atom stereocenters. The fourth-order valence-corrected chi connectivity index (χ4v) is 2.58. The number of benzene rings is 1. The molecule has 0 saturated heterocycles. The smallest absolute Gasteiger partial charge is 0.374 e. The van der Waals surface area contributed by atoms with Crippen LogP contribution in [-0.4, -0.2) is 24.5 Å². The zero-order valence-electron chi connectivity index (χ0n) is 8.40. The summed E-state index contributed by atoms with van der Waals surface area (Å²) in [5.74, 6) is -2.16. The molecule has 0 unspecified atom stereocenters. The third-order valence-electron chi connectivity index (χ3n) is 2.04. The normalized spacial score (nSPS) is 11.3. The first-order valence-electron chi connectivity index (χ1n) is 4.50. The van der Waals surface area contributed by atoms with E-state index in [1.165, 1.54) is 24.3 Å². The summed E-state index contributed by atoms with van der Waals surface area (Å²) in [6, 6.07) is 7.44. The van der Waals surface area contributed by atoms with Crippen LogP contribution in [0.3, 0.4) is 0 Å². The molecule has 0 fully saturated rings. The number of aromatic nitrogens is 1. The largest absolute Gasteiger partial charge is 0.475 e. The van der Waals surface area contributed by atoms with Crippen LogP contribution in [0, 0.1) is 0 Å². The van der Waals surface area contributed by atoms with E-state index in [-0.39, 0.29) is 4.90 Å². The molecular formula is C10H7NO5S. The maximum absolute atomic E-state index is 12.0. The minimum Gasteiger partial charge on any atom is -0.475 e. The average Bonchev–Trinajstić information content (AvgIpc) is 2.80. The van der Waals surface area contributed by atoms with E-state index in [4.69, 9.17) is 5.11 Å². The summed E-state index contributed by atoms with van der Waals surface area (Å²) in [7, 11) is -3.96. The lowest BCUT2D eigenvalue weighted by Crippen LogP contribution is -2.08. The Hall–Kier alpha value is -2.15. The number of hydrogen-bond donors (Lipinski definition) is 1. The minimum absolute atomic E-state index is 0.0311. The second kappa shape index (κ2) is 4.02. The van der Waals surface area contributed by atoms with E-state index in [1.54, 1.807) is 6.07 Å². The molecule has 1 N–H and O–H groups in total. The number of carboxylic acid groups (broad SMARTS) is 1. The molecule has 2 rings (SSSR count). The Morgan fingerprint density at radius 1 is 1.24 bits per heavy atom. The van der Waals surface area contributed by atoms with Gasteiger partial charge in [0.1, 0.15) is 0 Å². The van der Waals surface area contributed by atoms with Gasteiger partial charge in [0.15, 0.2) is 6.39 Å². The first-order valence-corrected chi connectivity index (χ1v) is 5.98. The number of aromatic carboxylic acids is 1. The van der Waals surface area contributed by atoms with E-state index in [2.05, 4.69) is 9.40 Å². The van der Waals surface area contributed by atoms with E-state index in [0.717, 1.165) is 6.39 Å². The number of nitrogens with zero attached hydrogens (tertiary/aromatic N) is 1. The van der Waals surface area contributed by atoms with Crippen LogP contribution in [-0.2, 0) is 9.84 Å². The van der Waals surface area contributed by atoms with E-state index in [1.807, 2.05) is 0 Å². The van der Waals surface area contributed by atoms with Crippen molar-refractivity contribution in [3.8, 4) is 0 Å². The molecule has 0 bridgehead atoms. The summed E-state index contributed by atoms with van der Waals surface area (Å²) in [6.45, 7) is 0. The van der Waals surface area contributed by atoms with Crippen molar-refractivity contribution in [2.45, 2.75) is 9.92 Å². The summed E-state index contributed by atoms with van der Waals surface area (Å²) in [5.41, 5.74) is 0. The van der Waals surface area contributed by atoms with E-state index in [0.29, 0.717) is 0 Å². The summed E-state index contributed by atoms with van der Waals surface area (Å²) in [5, 5.41) is 8.18. The van der Waals surface area contributed by atoms with Crippen molar-refractivity contribution in [1.82, 2.24) is 4.98 Å². The Kier molecular flexibility index (Phi) is 2.68. The quantitative estimate of drug-likeness (QED) is 0.882. The van der Waals surface area contributed by atoms with Crippen LogP contribution in [0.1, 0.15) is 10.6 Å². The fourth-order valence-electron chi connectivity index (χ4n) is 1.28. The van der Waals surface area contributed by atoms with Gasteiger partial charge >= 0.3 is 5.97 Å². The van der Waals surface area contributed by atoms with Crippen molar-refractivity contribution >= 4 is 15.8 Å². The van der Waals surface area contributed by atoms with Crippen LogP contribution in [0.2, 0.25) is 0 Å². The second-order valence-corrected chi connectivity index (χ2v) is 4.97. The number of hydrogen-bond acceptors (Lipinski definition) is 5. The summed E-state index contributed by atoms with van der Waals surface area (Å²) >= 11 is 0. The summed E-state index contributed by atoms with van der Waals surface area (Å²) in [6.07, 6.45) is 0.791. The molecule has 0 amide bonds. The monoisotopic (exact) mass is 253 g/mol. The highest BCUT2D eigenvalue weighted by Gasteiger charge is 2.29. The Bertz CT molecular complexity index is 644. The molecule has 88 valence electrons. The summed E-state index contributed by atoms with van der Waals surface area (Å²) < 4.78 is 28.6. The molecular weight excluding hydrogens is 246 g/mol. The van der Waals surface area contributed by atoms with Gasteiger partial charge in [0.25, 0.3) is 5.76 Å². The molecule has 1 heterocycles. The lowest BCUT2D eigenvalue weighted by atomic mass is 10.4. The van der Waals surface area contributed by atoms with Gasteiger partial charge < -0.3 is 9.52 Å². The van der Waals surface area contributed by atoms with Gasteiger partial charge in [0.2, 0.25) is 14.9 Å². The van der Waals surface area contributed by atoms with Crippen molar-refractivity contribution in [2.75, 3.05) is 0 Å². The van der Waals surface area contributed by atoms with Crippen molar-refractivity contribution < 1.29 is 22.7 Å². The summed E-state index contributed by atoms with van der Waals surface area (Å²) in [4.78, 5) is 14.2. The van der Waals surface area contributed by atoms with Gasteiger partial charge in [0, 0.05) is 0 Å². The predicted octanol–water partition coefficient (Wildman–Crippen LogP) is 1.21. The Labute approximate surface area is 96.4 Å². The van der Waals surface area contributed by atoms with Gasteiger partial charge in [-0.3, -0.25) is 0 Å². The van der Waals surface area contributed by atoms with Crippen LogP contribution in [0.15, 0.2) is 51.1 Å². The van der Waals surface area contributed by atoms with Gasteiger partial charge in [-0.05, 0) is 12.1 Å². The van der Waals surface area contributed by atoms with Crippen LogP contribution in [0.4, 0.5) is 0 Å². The molecule has 0 aliphatic rings. The number of sulfone groups is 1. The first kappa shape index (κ1) is 11.3. The molecule has 7 heteroatoms. The molecule has 0 saturated carbocycles. The third-order valence-corrected chi connectivity index (χ3v) is 3.73. The topological polar surface area (TPSA) is 97.5 Å². The van der Waals surface area contributed by atoms with Gasteiger partial charge in [-0.15, -0.1) is 0 Å². The molecule has 1 aromatic heterocycles. The van der Waals surface area contributed by atoms with Gasteiger partial charge in [-0.25, -0.2) is 18.2 Å². The van der Waals surface area contributed by atoms with Gasteiger partial charge in [-0.1, -0.05) is 18.2 Å². The highest BCUT2D eigenvalue weighted by Crippen LogP contribution is 2.22. The van der Waals surface area contributed by atoms with E-state index >= 15 is 0 Å². The highest BCUT2D eigenvalue weighted by atomic mass is 32.2. The van der Waals surface area contributed by atoms with E-state index in [9.17, 15) is 13.2 Å². The molecule has 6 nitrogen and oxygen atoms in total. The number of oxazole rings is 1. The van der Waals surface area contributed by atoms with Gasteiger partial charge in [0.05, 0.1) is 4.90 Å². The predicted molar refractivity (Wildman–Crippen MR) is 55.4 cm³/mol. The first-order chi connectivity index (χ1) is 8.03. The molecule has 17 heavy (non-hydrogen) atoms. The van der Waals surface area contributed by atoms with Crippen molar-refractivity contribution in [1.29, 1.82) is 0 Å². The van der Waals surface area contributed by atoms with Crippen LogP contribution in [0.5, 0.6) is 0 Å². The average molecular weight is 253 g/mol. The minimum atomic E-state index is -3.96. The number of rotatable bonds is 3. The third kappa shape index (κ3) is 1.92. The standard InChI is InChI=1S/C10H7NO5S/c12-10(13)8-9(11-6-16-8)17(14,15)7-4-2-1-3-5-7/h1-6H,(H,12,13). The zero-order chi connectivity index (χ0) is 12.5. The zero-order valence-corrected chi connectivity index (χ0v) is 9.22. The maximum atomic E-state index is 12.0. The molecule has 0 spiro atoms. The number of carbonyl (C=O) groups is 1. The Morgan fingerprint density at radius 3 is 2.47 bits per heavy atom. The SMILES string of the molecule is O=C(O)c1ocnc1S(=O)(=O)c1ccccc1. The maximum Gasteiger partial charge on any atom is 0.374 e. The number of carboxylic acids is 1.